The minimum atomic E-state index is -0.877. The number of pyridine rings is 1. The number of rotatable bonds is 2. The molecule has 2 aromatic rings. The lowest BCUT2D eigenvalue weighted by Gasteiger charge is -2.10. The summed E-state index contributed by atoms with van der Waals surface area (Å²) in [5, 5.41) is 10.1. The van der Waals surface area contributed by atoms with Gasteiger partial charge in [-0.25, -0.2) is 4.39 Å². The van der Waals surface area contributed by atoms with Crippen molar-refractivity contribution in [3.8, 4) is 5.75 Å². The minimum absolute atomic E-state index is 0.254. The first-order valence-corrected chi connectivity index (χ1v) is 4.93. The molecule has 0 amide bonds. The van der Waals surface area contributed by atoms with Crippen LogP contribution in [0.5, 0.6) is 5.75 Å². The highest BCUT2D eigenvalue weighted by molar-refractivity contribution is 5.84. The molecule has 0 aliphatic rings. The number of aromatic nitrogens is 1. The number of hydrogen-bond donors (Lipinski definition) is 1. The van der Waals surface area contributed by atoms with Gasteiger partial charge in [-0.1, -0.05) is 0 Å². The number of ether oxygens (including phenoxy) is 1. The molecule has 3 nitrogen and oxygen atoms in total. The van der Waals surface area contributed by atoms with Crippen LogP contribution in [0.3, 0.4) is 0 Å². The van der Waals surface area contributed by atoms with Crippen molar-refractivity contribution in [2.45, 2.75) is 13.0 Å². The summed E-state index contributed by atoms with van der Waals surface area (Å²) in [4.78, 5) is 3.96. The van der Waals surface area contributed by atoms with Gasteiger partial charge in [-0.05, 0) is 25.1 Å². The normalized spacial score (nSPS) is 12.8. The van der Waals surface area contributed by atoms with Crippen LogP contribution >= 0.6 is 0 Å². The van der Waals surface area contributed by atoms with Gasteiger partial charge >= 0.3 is 0 Å². The Labute approximate surface area is 92.5 Å². The molecule has 2 rings (SSSR count). The lowest BCUT2D eigenvalue weighted by molar-refractivity contribution is 0.196. The van der Waals surface area contributed by atoms with Crippen LogP contribution < -0.4 is 4.74 Å². The molecule has 0 fully saturated rings. The first-order valence-electron chi connectivity index (χ1n) is 4.93. The Bertz CT molecular complexity index is 526. The third-order valence-electron chi connectivity index (χ3n) is 2.49. The predicted molar refractivity (Wildman–Crippen MR) is 58.9 cm³/mol. The second-order valence-electron chi connectivity index (χ2n) is 3.58. The van der Waals surface area contributed by atoms with Crippen LogP contribution in [0.25, 0.3) is 10.9 Å². The van der Waals surface area contributed by atoms with Crippen molar-refractivity contribution in [2.24, 2.45) is 0 Å². The second kappa shape index (κ2) is 4.06. The summed E-state index contributed by atoms with van der Waals surface area (Å²) >= 11 is 0. The van der Waals surface area contributed by atoms with Crippen molar-refractivity contribution in [1.82, 2.24) is 4.98 Å². The number of methoxy groups -OCH3 is 1. The van der Waals surface area contributed by atoms with Gasteiger partial charge in [0.1, 0.15) is 11.6 Å². The number of aliphatic hydroxyl groups excluding tert-OH is 1. The van der Waals surface area contributed by atoms with E-state index in [0.29, 0.717) is 16.7 Å². The largest absolute Gasteiger partial charge is 0.497 e. The SMILES string of the molecule is COc1ccc2ncc(F)c([C@H](C)O)c2c1. The van der Waals surface area contributed by atoms with Gasteiger partial charge in [0.05, 0.1) is 24.9 Å². The van der Waals surface area contributed by atoms with E-state index in [9.17, 15) is 9.50 Å². The summed E-state index contributed by atoms with van der Waals surface area (Å²) in [5.74, 6) is 0.109. The molecule has 1 heterocycles. The van der Waals surface area contributed by atoms with Crippen molar-refractivity contribution in [3.63, 3.8) is 0 Å². The van der Waals surface area contributed by atoms with E-state index in [0.717, 1.165) is 6.20 Å². The quantitative estimate of drug-likeness (QED) is 0.846. The maximum Gasteiger partial charge on any atom is 0.147 e. The van der Waals surface area contributed by atoms with Crippen LogP contribution in [0.15, 0.2) is 24.4 Å². The fourth-order valence-electron chi connectivity index (χ4n) is 1.72. The van der Waals surface area contributed by atoms with E-state index >= 15 is 0 Å². The smallest absolute Gasteiger partial charge is 0.147 e. The Morgan fingerprint density at radius 2 is 2.19 bits per heavy atom. The Balaban J connectivity index is 2.78. The molecule has 0 bridgehead atoms. The van der Waals surface area contributed by atoms with E-state index in [1.165, 1.54) is 14.0 Å². The van der Waals surface area contributed by atoms with Gasteiger partial charge in [0.25, 0.3) is 0 Å². The fourth-order valence-corrected chi connectivity index (χ4v) is 1.72. The maximum atomic E-state index is 13.5. The summed E-state index contributed by atoms with van der Waals surface area (Å²) in [6.07, 6.45) is 0.245. The molecule has 4 heteroatoms. The number of nitrogens with zero attached hydrogens (tertiary/aromatic N) is 1. The topological polar surface area (TPSA) is 42.4 Å². The van der Waals surface area contributed by atoms with Gasteiger partial charge in [0.2, 0.25) is 0 Å². The molecule has 0 aliphatic heterocycles. The molecule has 0 spiro atoms. The zero-order valence-electron chi connectivity index (χ0n) is 9.07. The minimum Gasteiger partial charge on any atom is -0.497 e. The number of aliphatic hydroxyl groups is 1. The predicted octanol–water partition coefficient (Wildman–Crippen LogP) is 2.44. The number of fused-ring (bicyclic) bond motifs is 1. The average molecular weight is 221 g/mol. The van der Waals surface area contributed by atoms with Gasteiger partial charge in [0, 0.05) is 10.9 Å². The molecule has 0 radical (unpaired) electrons. The van der Waals surface area contributed by atoms with Crippen molar-refractivity contribution in [3.05, 3.63) is 35.8 Å². The van der Waals surface area contributed by atoms with Crippen molar-refractivity contribution < 1.29 is 14.2 Å². The van der Waals surface area contributed by atoms with Gasteiger partial charge in [-0.3, -0.25) is 4.98 Å². The zero-order valence-corrected chi connectivity index (χ0v) is 9.07. The zero-order chi connectivity index (χ0) is 11.7. The molecule has 1 N–H and O–H groups in total. The molecular weight excluding hydrogens is 209 g/mol. The molecule has 1 aromatic carbocycles. The van der Waals surface area contributed by atoms with Crippen LogP contribution in [-0.2, 0) is 0 Å². The van der Waals surface area contributed by atoms with Crippen LogP contribution in [-0.4, -0.2) is 17.2 Å². The lowest BCUT2D eigenvalue weighted by Crippen LogP contribution is -1.99. The Kier molecular flexibility index (Phi) is 2.75. The van der Waals surface area contributed by atoms with E-state index in [2.05, 4.69) is 4.98 Å². The number of hydrogen-bond acceptors (Lipinski definition) is 3. The Morgan fingerprint density at radius 1 is 1.44 bits per heavy atom. The monoisotopic (exact) mass is 221 g/mol. The third kappa shape index (κ3) is 1.72. The van der Waals surface area contributed by atoms with Gasteiger partial charge in [-0.15, -0.1) is 0 Å². The van der Waals surface area contributed by atoms with Crippen LogP contribution in [0.4, 0.5) is 4.39 Å². The summed E-state index contributed by atoms with van der Waals surface area (Å²) < 4.78 is 18.6. The van der Waals surface area contributed by atoms with Crippen molar-refractivity contribution >= 4 is 10.9 Å². The lowest BCUT2D eigenvalue weighted by atomic mass is 10.0. The molecule has 84 valence electrons. The van der Waals surface area contributed by atoms with Gasteiger partial charge in [0.15, 0.2) is 0 Å². The van der Waals surface area contributed by atoms with E-state index in [1.807, 2.05) is 0 Å². The van der Waals surface area contributed by atoms with Crippen molar-refractivity contribution in [1.29, 1.82) is 0 Å². The van der Waals surface area contributed by atoms with Crippen molar-refractivity contribution in [2.75, 3.05) is 7.11 Å². The maximum absolute atomic E-state index is 13.5. The van der Waals surface area contributed by atoms with Crippen LogP contribution in [0, 0.1) is 5.82 Å². The van der Waals surface area contributed by atoms with Gasteiger partial charge < -0.3 is 9.84 Å². The first-order chi connectivity index (χ1) is 7.63. The Morgan fingerprint density at radius 3 is 2.81 bits per heavy atom. The average Bonchev–Trinajstić information content (AvgIpc) is 2.27. The van der Waals surface area contributed by atoms with Crippen LogP contribution in [0.1, 0.15) is 18.6 Å². The van der Waals surface area contributed by atoms with Gasteiger partial charge in [-0.2, -0.15) is 0 Å². The molecule has 0 aliphatic carbocycles. The van der Waals surface area contributed by atoms with E-state index < -0.39 is 11.9 Å². The van der Waals surface area contributed by atoms with E-state index in [4.69, 9.17) is 4.74 Å². The van der Waals surface area contributed by atoms with Crippen LogP contribution in [0.2, 0.25) is 0 Å². The fraction of sp³-hybridized carbons (Fsp3) is 0.250. The highest BCUT2D eigenvalue weighted by Gasteiger charge is 2.13. The molecule has 0 unspecified atom stereocenters. The Hall–Kier alpha value is -1.68. The molecule has 1 atom stereocenters. The molecule has 0 saturated heterocycles. The molecule has 0 saturated carbocycles. The highest BCUT2D eigenvalue weighted by Crippen LogP contribution is 2.28. The summed E-state index contributed by atoms with van der Waals surface area (Å²) in [5.41, 5.74) is 0.891. The summed E-state index contributed by atoms with van der Waals surface area (Å²) in [6.45, 7) is 1.53. The first kappa shape index (κ1) is 10.8. The molecular formula is C12H12FNO2. The highest BCUT2D eigenvalue weighted by atomic mass is 19.1. The van der Waals surface area contributed by atoms with E-state index in [-0.39, 0.29) is 5.56 Å². The summed E-state index contributed by atoms with van der Waals surface area (Å²) in [7, 11) is 1.54. The van der Waals surface area contributed by atoms with E-state index in [1.54, 1.807) is 18.2 Å². The summed E-state index contributed by atoms with van der Waals surface area (Å²) in [6, 6.07) is 5.16. The number of halogens is 1. The molecule has 16 heavy (non-hydrogen) atoms. The third-order valence-corrected chi connectivity index (χ3v) is 2.49. The number of benzene rings is 1. The molecule has 1 aromatic heterocycles. The second-order valence-corrected chi connectivity index (χ2v) is 3.58. The standard InChI is InChI=1S/C12H12FNO2/c1-7(15)12-9-5-8(16-2)3-4-11(9)14-6-10(12)13/h3-7,15H,1-2H3/t7-/m0/s1.